The minimum atomic E-state index is -0.240. The highest BCUT2D eigenvalue weighted by Crippen LogP contribution is 2.33. The summed E-state index contributed by atoms with van der Waals surface area (Å²) in [5.74, 6) is 1.69. The van der Waals surface area contributed by atoms with Gasteiger partial charge in [-0.2, -0.15) is 10.1 Å². The second-order valence-electron chi connectivity index (χ2n) is 10.2. The van der Waals surface area contributed by atoms with Gasteiger partial charge in [-0.3, -0.25) is 9.48 Å². The predicted molar refractivity (Wildman–Crippen MR) is 135 cm³/mol. The first-order valence-corrected chi connectivity index (χ1v) is 12.0. The second-order valence-corrected chi connectivity index (χ2v) is 10.2. The van der Waals surface area contributed by atoms with Gasteiger partial charge in [0.1, 0.15) is 18.3 Å². The van der Waals surface area contributed by atoms with Gasteiger partial charge in [0.05, 0.1) is 11.9 Å². The number of fused-ring (bicyclic) bond motifs is 1. The first-order valence-electron chi connectivity index (χ1n) is 12.0. The van der Waals surface area contributed by atoms with Crippen LogP contribution in [-0.4, -0.2) is 42.0 Å². The minimum absolute atomic E-state index is 0.000221. The molecule has 1 atom stereocenters. The molecule has 0 bridgehead atoms. The number of rotatable bonds is 6. The molecule has 186 valence electrons. The Labute approximate surface area is 209 Å². The quantitative estimate of drug-likeness (QED) is 0.387. The summed E-state index contributed by atoms with van der Waals surface area (Å²) >= 11 is 0. The highest BCUT2D eigenvalue weighted by molar-refractivity contribution is 5.94. The van der Waals surface area contributed by atoms with E-state index in [1.54, 1.807) is 10.9 Å². The summed E-state index contributed by atoms with van der Waals surface area (Å²) in [4.78, 5) is 30.7. The summed E-state index contributed by atoms with van der Waals surface area (Å²) in [5.41, 5.74) is 4.16. The molecular formula is C26H30N8O2. The van der Waals surface area contributed by atoms with Crippen LogP contribution < -0.4 is 10.6 Å². The molecule has 2 N–H and O–H groups in total. The van der Waals surface area contributed by atoms with Gasteiger partial charge in [0.2, 0.25) is 5.95 Å². The molecule has 1 aromatic carbocycles. The molecule has 0 spiro atoms. The summed E-state index contributed by atoms with van der Waals surface area (Å²) in [5, 5.41) is 10.8. The van der Waals surface area contributed by atoms with Crippen molar-refractivity contribution in [2.24, 2.45) is 7.05 Å². The van der Waals surface area contributed by atoms with Crippen LogP contribution in [0.15, 0.2) is 47.6 Å². The number of nitrogens with zero attached hydrogens (tertiary/aromatic N) is 6. The maximum absolute atomic E-state index is 13.1. The van der Waals surface area contributed by atoms with E-state index in [-0.39, 0.29) is 17.1 Å². The average Bonchev–Trinajstić information content (AvgIpc) is 3.46. The molecule has 4 heterocycles. The van der Waals surface area contributed by atoms with Crippen LogP contribution in [0.4, 0.5) is 11.6 Å². The lowest BCUT2D eigenvalue weighted by Gasteiger charge is -2.17. The van der Waals surface area contributed by atoms with E-state index in [2.05, 4.69) is 47.8 Å². The van der Waals surface area contributed by atoms with Crippen molar-refractivity contribution in [1.82, 2.24) is 35.0 Å². The zero-order valence-electron chi connectivity index (χ0n) is 20.9. The molecule has 0 radical (unpaired) electrons. The number of carbonyl (C=O) groups is 1. The van der Waals surface area contributed by atoms with Gasteiger partial charge in [-0.15, -0.1) is 0 Å². The lowest BCUT2D eigenvalue weighted by molar-refractivity contribution is 0.0967. The van der Waals surface area contributed by atoms with Crippen molar-refractivity contribution in [3.05, 3.63) is 65.9 Å². The van der Waals surface area contributed by atoms with Crippen LogP contribution in [0, 0.1) is 0 Å². The molecule has 0 unspecified atom stereocenters. The topological polar surface area (TPSA) is 124 Å². The molecule has 0 saturated heterocycles. The van der Waals surface area contributed by atoms with Crippen molar-refractivity contribution >= 4 is 17.4 Å². The average molecular weight is 487 g/mol. The van der Waals surface area contributed by atoms with Gasteiger partial charge in [-0.05, 0) is 36.1 Å². The van der Waals surface area contributed by atoms with E-state index >= 15 is 0 Å². The molecule has 0 saturated carbocycles. The van der Waals surface area contributed by atoms with Crippen molar-refractivity contribution in [3.63, 3.8) is 0 Å². The van der Waals surface area contributed by atoms with Crippen LogP contribution in [0.25, 0.3) is 11.4 Å². The first kappa shape index (κ1) is 23.8. The van der Waals surface area contributed by atoms with E-state index in [0.29, 0.717) is 29.8 Å². The molecule has 3 aromatic heterocycles. The van der Waals surface area contributed by atoms with E-state index in [4.69, 9.17) is 4.42 Å². The third-order valence-corrected chi connectivity index (χ3v) is 6.22. The summed E-state index contributed by atoms with van der Waals surface area (Å²) in [6, 6.07) is 6.21. The van der Waals surface area contributed by atoms with Crippen LogP contribution in [0.1, 0.15) is 67.0 Å². The van der Waals surface area contributed by atoms with E-state index in [1.165, 1.54) is 18.2 Å². The molecule has 36 heavy (non-hydrogen) atoms. The predicted octanol–water partition coefficient (Wildman–Crippen LogP) is 4.15. The van der Waals surface area contributed by atoms with Crippen LogP contribution >= 0.6 is 0 Å². The van der Waals surface area contributed by atoms with E-state index in [0.717, 1.165) is 36.3 Å². The Morgan fingerprint density at radius 1 is 1.25 bits per heavy atom. The molecule has 1 aliphatic heterocycles. The molecular weight excluding hydrogens is 456 g/mol. The molecule has 0 amide bonds. The summed E-state index contributed by atoms with van der Waals surface area (Å²) in [7, 11) is 1.85. The standard InChI is InChI=1S/C26H30N8O2/c1-26(2,3)24-32-21(14-36-24)22(35)10-16-7-8-27-11-18-9-17(5-6-20(16)18)23-28-15-29-25(33-23)31-19-12-30-34(4)13-19/h5-6,9,12-16,27H,7-8,10-11H2,1-4H3,(H,28,29,31,33)/t16-/m0/s1. The highest BCUT2D eigenvalue weighted by Gasteiger charge is 2.26. The molecule has 0 aliphatic carbocycles. The maximum Gasteiger partial charge on any atom is 0.230 e. The molecule has 1 aliphatic rings. The van der Waals surface area contributed by atoms with Crippen LogP contribution in [0.2, 0.25) is 0 Å². The van der Waals surface area contributed by atoms with E-state index < -0.39 is 0 Å². The zero-order chi connectivity index (χ0) is 25.3. The third kappa shape index (κ3) is 5.18. The Balaban J connectivity index is 1.36. The lowest BCUT2D eigenvalue weighted by atomic mass is 9.87. The second kappa shape index (κ2) is 9.62. The van der Waals surface area contributed by atoms with E-state index in [1.807, 2.05) is 40.1 Å². The Hall–Kier alpha value is -3.92. The number of ketones is 1. The number of carbonyl (C=O) groups excluding carboxylic acids is 1. The van der Waals surface area contributed by atoms with Crippen molar-refractivity contribution < 1.29 is 9.21 Å². The van der Waals surface area contributed by atoms with Crippen LogP contribution in [0.3, 0.4) is 0 Å². The smallest absolute Gasteiger partial charge is 0.230 e. The van der Waals surface area contributed by atoms with Gasteiger partial charge >= 0.3 is 0 Å². The third-order valence-electron chi connectivity index (χ3n) is 6.22. The molecule has 10 heteroatoms. The number of anilines is 2. The molecule has 4 aromatic rings. The first-order chi connectivity index (χ1) is 17.3. The van der Waals surface area contributed by atoms with Gasteiger partial charge in [0, 0.05) is 37.2 Å². The fraction of sp³-hybridized carbons (Fsp3) is 0.385. The van der Waals surface area contributed by atoms with Crippen molar-refractivity contribution in [2.45, 2.75) is 51.5 Å². The number of nitrogens with one attached hydrogen (secondary N) is 2. The number of oxazole rings is 1. The van der Waals surface area contributed by atoms with E-state index in [9.17, 15) is 4.79 Å². The summed E-state index contributed by atoms with van der Waals surface area (Å²) in [6.07, 6.45) is 7.79. The van der Waals surface area contributed by atoms with Crippen LogP contribution in [-0.2, 0) is 19.0 Å². The van der Waals surface area contributed by atoms with Crippen molar-refractivity contribution in [3.8, 4) is 11.4 Å². The Bertz CT molecular complexity index is 1380. The largest absolute Gasteiger partial charge is 0.448 e. The SMILES string of the molecule is Cn1cc(Nc2ncnc(-c3ccc4c(c3)CNCC[C@H]4CC(=O)c3coc(C(C)(C)C)n3)n2)cn1. The maximum atomic E-state index is 13.1. The number of aromatic nitrogens is 6. The molecule has 5 rings (SSSR count). The fourth-order valence-corrected chi connectivity index (χ4v) is 4.35. The summed E-state index contributed by atoms with van der Waals surface area (Å²) in [6.45, 7) is 7.60. The van der Waals surface area contributed by atoms with Gasteiger partial charge in [0.25, 0.3) is 0 Å². The minimum Gasteiger partial charge on any atom is -0.448 e. The number of Topliss-reactive ketones (excluding diaryl/α,β-unsaturated/α-hetero) is 1. The Morgan fingerprint density at radius 2 is 2.11 bits per heavy atom. The van der Waals surface area contributed by atoms with Crippen LogP contribution in [0.5, 0.6) is 0 Å². The van der Waals surface area contributed by atoms with Gasteiger partial charge < -0.3 is 15.1 Å². The van der Waals surface area contributed by atoms with Gasteiger partial charge in [0.15, 0.2) is 17.5 Å². The van der Waals surface area contributed by atoms with Gasteiger partial charge in [-0.25, -0.2) is 15.0 Å². The fourth-order valence-electron chi connectivity index (χ4n) is 4.35. The number of benzene rings is 1. The van der Waals surface area contributed by atoms with Crippen molar-refractivity contribution in [2.75, 3.05) is 11.9 Å². The normalized spacial score (nSPS) is 15.8. The number of hydrogen-bond acceptors (Lipinski definition) is 9. The number of hydrogen-bond donors (Lipinski definition) is 2. The monoisotopic (exact) mass is 486 g/mol. The Morgan fingerprint density at radius 3 is 2.86 bits per heavy atom. The lowest BCUT2D eigenvalue weighted by Crippen LogP contribution is -2.14. The summed E-state index contributed by atoms with van der Waals surface area (Å²) < 4.78 is 7.28. The zero-order valence-corrected chi connectivity index (χ0v) is 20.9. The highest BCUT2D eigenvalue weighted by atomic mass is 16.3. The van der Waals surface area contributed by atoms with Gasteiger partial charge in [-0.1, -0.05) is 32.9 Å². The Kier molecular flexibility index (Phi) is 6.36. The van der Waals surface area contributed by atoms with Crippen molar-refractivity contribution in [1.29, 1.82) is 0 Å². The molecule has 0 fully saturated rings. The number of aryl methyl sites for hydroxylation is 1. The molecule has 10 nitrogen and oxygen atoms in total.